The average Bonchev–Trinajstić information content (AvgIpc) is 2.68. The number of aromatic nitrogens is 3. The Morgan fingerprint density at radius 1 is 0.926 bits per heavy atom. The van der Waals surface area contributed by atoms with Crippen LogP contribution in [0, 0.1) is 10.5 Å². The van der Waals surface area contributed by atoms with Crippen molar-refractivity contribution in [2.45, 2.75) is 6.92 Å². The van der Waals surface area contributed by atoms with Crippen LogP contribution in [0.3, 0.4) is 0 Å². The topological polar surface area (TPSA) is 91.8 Å². The molecule has 0 aliphatic heterocycles. The van der Waals surface area contributed by atoms with Gasteiger partial charge in [0.2, 0.25) is 0 Å². The fourth-order valence-corrected chi connectivity index (χ4v) is 2.60. The van der Waals surface area contributed by atoms with Crippen LogP contribution < -0.4 is 16.0 Å². The third-order valence-corrected chi connectivity index (χ3v) is 4.37. The van der Waals surface area contributed by atoms with Crippen LogP contribution in [0.25, 0.3) is 0 Å². The van der Waals surface area contributed by atoms with E-state index >= 15 is 0 Å². The van der Waals surface area contributed by atoms with Gasteiger partial charge < -0.3 is 16.0 Å². The van der Waals surface area contributed by atoms with Gasteiger partial charge in [-0.1, -0.05) is 6.07 Å². The summed E-state index contributed by atoms with van der Waals surface area (Å²) in [6.07, 6.45) is 1.79. The van der Waals surface area contributed by atoms with Crippen molar-refractivity contribution in [3.05, 3.63) is 69.4 Å². The van der Waals surface area contributed by atoms with E-state index in [1.807, 2.05) is 55.5 Å². The molecule has 2 aromatic heterocycles. The number of carbonyl (C=O) groups excluding carboxylic acids is 1. The van der Waals surface area contributed by atoms with Crippen molar-refractivity contribution >= 4 is 46.0 Å². The summed E-state index contributed by atoms with van der Waals surface area (Å²) in [5.41, 5.74) is 1.75. The molecule has 1 amide bonds. The molecule has 3 rings (SSSR count). The minimum Gasteiger partial charge on any atom is -0.367 e. The highest BCUT2D eigenvalue weighted by atomic mass is 127. The van der Waals surface area contributed by atoms with Crippen LogP contribution in [-0.4, -0.2) is 34.2 Å². The maximum Gasteiger partial charge on any atom is 0.251 e. The average molecular weight is 474 g/mol. The SMILES string of the molecule is Cc1ccc(Nc2ccc(NCCNC(=O)c3ccc(I)cc3)nn2)nc1. The van der Waals surface area contributed by atoms with Crippen LogP contribution in [0.1, 0.15) is 15.9 Å². The predicted octanol–water partition coefficient (Wildman–Crippen LogP) is 3.37. The number of benzene rings is 1. The molecule has 0 unspecified atom stereocenters. The molecule has 8 heteroatoms. The molecule has 0 spiro atoms. The second-order valence-electron chi connectivity index (χ2n) is 5.84. The van der Waals surface area contributed by atoms with Gasteiger partial charge in [0.15, 0.2) is 5.82 Å². The predicted molar refractivity (Wildman–Crippen MR) is 114 cm³/mol. The standard InChI is InChI=1S/C19H19IN6O/c1-13-2-7-16(23-12-13)24-18-9-8-17(25-26-18)21-10-11-22-19(27)14-3-5-15(20)6-4-14/h2-9,12H,10-11H2,1H3,(H,21,25)(H,22,27)(H,23,24,26). The second-order valence-corrected chi connectivity index (χ2v) is 7.08. The Labute approximate surface area is 171 Å². The first-order chi connectivity index (χ1) is 13.1. The van der Waals surface area contributed by atoms with E-state index in [9.17, 15) is 4.79 Å². The van der Waals surface area contributed by atoms with Crippen LogP contribution in [0.2, 0.25) is 0 Å². The van der Waals surface area contributed by atoms with Crippen molar-refractivity contribution in [2.75, 3.05) is 23.7 Å². The van der Waals surface area contributed by atoms with Crippen molar-refractivity contribution < 1.29 is 4.79 Å². The summed E-state index contributed by atoms with van der Waals surface area (Å²) in [5.74, 6) is 1.88. The van der Waals surface area contributed by atoms with Gasteiger partial charge in [-0.25, -0.2) is 4.98 Å². The number of rotatable bonds is 7. The third kappa shape index (κ3) is 5.88. The highest BCUT2D eigenvalue weighted by Crippen LogP contribution is 2.12. The minimum absolute atomic E-state index is 0.0931. The van der Waals surface area contributed by atoms with Crippen LogP contribution in [-0.2, 0) is 0 Å². The largest absolute Gasteiger partial charge is 0.367 e. The van der Waals surface area contributed by atoms with Gasteiger partial charge in [-0.15, -0.1) is 10.2 Å². The molecule has 0 saturated heterocycles. The monoisotopic (exact) mass is 474 g/mol. The lowest BCUT2D eigenvalue weighted by Crippen LogP contribution is -2.28. The first-order valence-electron chi connectivity index (χ1n) is 8.41. The fraction of sp³-hybridized carbons (Fsp3) is 0.158. The number of pyridine rings is 1. The van der Waals surface area contributed by atoms with Gasteiger partial charge in [-0.2, -0.15) is 0 Å². The van der Waals surface area contributed by atoms with E-state index in [0.717, 1.165) is 9.13 Å². The molecule has 0 bridgehead atoms. The Bertz CT molecular complexity index is 882. The molecule has 138 valence electrons. The van der Waals surface area contributed by atoms with Crippen molar-refractivity contribution in [1.82, 2.24) is 20.5 Å². The van der Waals surface area contributed by atoms with E-state index in [0.29, 0.717) is 36.1 Å². The summed E-state index contributed by atoms with van der Waals surface area (Å²) in [6.45, 7) is 3.02. The van der Waals surface area contributed by atoms with Gasteiger partial charge in [-0.05, 0) is 77.5 Å². The number of nitrogens with one attached hydrogen (secondary N) is 3. The van der Waals surface area contributed by atoms with Gasteiger partial charge in [0.1, 0.15) is 11.6 Å². The number of anilines is 3. The number of hydrogen-bond donors (Lipinski definition) is 3. The third-order valence-electron chi connectivity index (χ3n) is 3.66. The number of carbonyl (C=O) groups is 1. The summed E-state index contributed by atoms with van der Waals surface area (Å²) in [6, 6.07) is 14.9. The normalized spacial score (nSPS) is 10.3. The highest BCUT2D eigenvalue weighted by molar-refractivity contribution is 14.1. The minimum atomic E-state index is -0.0931. The number of halogens is 1. The lowest BCUT2D eigenvalue weighted by Gasteiger charge is -2.08. The Morgan fingerprint density at radius 3 is 2.30 bits per heavy atom. The lowest BCUT2D eigenvalue weighted by molar-refractivity contribution is 0.0955. The Balaban J connectivity index is 1.42. The quantitative estimate of drug-likeness (QED) is 0.360. The molecule has 3 N–H and O–H groups in total. The molecule has 1 aromatic carbocycles. The Morgan fingerprint density at radius 2 is 1.63 bits per heavy atom. The van der Waals surface area contributed by atoms with Gasteiger partial charge in [-0.3, -0.25) is 4.79 Å². The molecule has 0 saturated carbocycles. The molecule has 27 heavy (non-hydrogen) atoms. The van der Waals surface area contributed by atoms with Gasteiger partial charge in [0.05, 0.1) is 0 Å². The lowest BCUT2D eigenvalue weighted by atomic mass is 10.2. The van der Waals surface area contributed by atoms with Crippen molar-refractivity contribution in [1.29, 1.82) is 0 Å². The van der Waals surface area contributed by atoms with Gasteiger partial charge in [0.25, 0.3) is 5.91 Å². The van der Waals surface area contributed by atoms with Crippen LogP contribution in [0.4, 0.5) is 17.5 Å². The van der Waals surface area contributed by atoms with Crippen molar-refractivity contribution in [3.63, 3.8) is 0 Å². The molecule has 0 atom stereocenters. The zero-order valence-corrected chi connectivity index (χ0v) is 16.9. The summed E-state index contributed by atoms with van der Waals surface area (Å²) < 4.78 is 1.10. The zero-order valence-electron chi connectivity index (χ0n) is 14.7. The summed E-state index contributed by atoms with van der Waals surface area (Å²) in [4.78, 5) is 16.3. The number of nitrogens with zero attached hydrogens (tertiary/aromatic N) is 3. The second kappa shape index (κ2) is 9.26. The summed E-state index contributed by atoms with van der Waals surface area (Å²) in [7, 11) is 0. The molecule has 7 nitrogen and oxygen atoms in total. The molecule has 0 aliphatic rings. The van der Waals surface area contributed by atoms with Crippen molar-refractivity contribution in [2.24, 2.45) is 0 Å². The molecule has 0 aliphatic carbocycles. The maximum absolute atomic E-state index is 12.0. The first-order valence-corrected chi connectivity index (χ1v) is 9.49. The number of amides is 1. The van der Waals surface area contributed by atoms with Gasteiger partial charge >= 0.3 is 0 Å². The molecular formula is C19H19IN6O. The smallest absolute Gasteiger partial charge is 0.251 e. The summed E-state index contributed by atoms with van der Waals surface area (Å²) in [5, 5.41) is 17.3. The first kappa shape index (κ1) is 19.0. The number of aryl methyl sites for hydroxylation is 1. The molecule has 0 radical (unpaired) electrons. The van der Waals surface area contributed by atoms with E-state index in [-0.39, 0.29) is 5.91 Å². The summed E-state index contributed by atoms with van der Waals surface area (Å²) >= 11 is 2.21. The van der Waals surface area contributed by atoms with E-state index in [2.05, 4.69) is 53.7 Å². The van der Waals surface area contributed by atoms with E-state index < -0.39 is 0 Å². The zero-order chi connectivity index (χ0) is 19.1. The Kier molecular flexibility index (Phi) is 6.53. The molecule has 2 heterocycles. The Hall–Kier alpha value is -2.75. The maximum atomic E-state index is 12.0. The van der Waals surface area contributed by atoms with E-state index in [4.69, 9.17) is 0 Å². The molecule has 0 fully saturated rings. The van der Waals surface area contributed by atoms with Gasteiger partial charge in [0, 0.05) is 28.4 Å². The number of hydrogen-bond acceptors (Lipinski definition) is 6. The van der Waals surface area contributed by atoms with Crippen molar-refractivity contribution in [3.8, 4) is 0 Å². The van der Waals surface area contributed by atoms with Crippen LogP contribution >= 0.6 is 22.6 Å². The van der Waals surface area contributed by atoms with Crippen LogP contribution in [0.15, 0.2) is 54.7 Å². The molecular weight excluding hydrogens is 455 g/mol. The van der Waals surface area contributed by atoms with Crippen LogP contribution in [0.5, 0.6) is 0 Å². The molecule has 3 aromatic rings. The highest BCUT2D eigenvalue weighted by Gasteiger charge is 2.04. The van der Waals surface area contributed by atoms with E-state index in [1.54, 1.807) is 6.20 Å². The fourth-order valence-electron chi connectivity index (χ4n) is 2.24. The van der Waals surface area contributed by atoms with E-state index in [1.165, 1.54) is 0 Å².